The zero-order chi connectivity index (χ0) is 10.6. The highest BCUT2D eigenvalue weighted by atomic mass is 15.2. The number of piperazine rings is 1. The maximum Gasteiger partial charge on any atom is 0.0486 e. The van der Waals surface area contributed by atoms with Crippen LogP contribution in [0.2, 0.25) is 0 Å². The molecule has 1 aliphatic heterocycles. The highest BCUT2D eigenvalue weighted by molar-refractivity contribution is 5.09. The molecule has 2 heteroatoms. The van der Waals surface area contributed by atoms with E-state index in [-0.39, 0.29) is 0 Å². The van der Waals surface area contributed by atoms with Gasteiger partial charge in [0, 0.05) is 24.3 Å². The Balaban J connectivity index is 2.49. The molecule has 82 valence electrons. The van der Waals surface area contributed by atoms with Gasteiger partial charge in [-0.25, -0.2) is 0 Å². The standard InChI is InChI=1S/C12H24N2/c1-5-7-11-9-14(4)12(8-6-2)10(3)13-11/h11-13H,3,5-9H2,1-2,4H3. The van der Waals surface area contributed by atoms with Gasteiger partial charge in [-0.3, -0.25) is 4.90 Å². The smallest absolute Gasteiger partial charge is 0.0486 e. The summed E-state index contributed by atoms with van der Waals surface area (Å²) >= 11 is 0. The summed E-state index contributed by atoms with van der Waals surface area (Å²) in [5.41, 5.74) is 1.22. The van der Waals surface area contributed by atoms with Gasteiger partial charge in [0.1, 0.15) is 0 Å². The first-order valence-corrected chi connectivity index (χ1v) is 5.84. The van der Waals surface area contributed by atoms with Crippen molar-refractivity contribution in [3.63, 3.8) is 0 Å². The maximum absolute atomic E-state index is 4.14. The van der Waals surface area contributed by atoms with Crippen LogP contribution in [-0.2, 0) is 0 Å². The van der Waals surface area contributed by atoms with Crippen LogP contribution in [0.3, 0.4) is 0 Å². The van der Waals surface area contributed by atoms with Crippen LogP contribution in [0.25, 0.3) is 0 Å². The first-order valence-electron chi connectivity index (χ1n) is 5.84. The van der Waals surface area contributed by atoms with E-state index in [1.54, 1.807) is 0 Å². The second-order valence-corrected chi connectivity index (χ2v) is 4.40. The normalized spacial score (nSPS) is 28.9. The van der Waals surface area contributed by atoms with Gasteiger partial charge in [0.15, 0.2) is 0 Å². The van der Waals surface area contributed by atoms with Gasteiger partial charge >= 0.3 is 0 Å². The van der Waals surface area contributed by atoms with Crippen LogP contribution in [0.15, 0.2) is 12.3 Å². The molecule has 14 heavy (non-hydrogen) atoms. The van der Waals surface area contributed by atoms with Crippen molar-refractivity contribution < 1.29 is 0 Å². The first kappa shape index (κ1) is 11.6. The average molecular weight is 196 g/mol. The van der Waals surface area contributed by atoms with Gasteiger partial charge in [0.25, 0.3) is 0 Å². The van der Waals surface area contributed by atoms with Crippen molar-refractivity contribution in [3.8, 4) is 0 Å². The summed E-state index contributed by atoms with van der Waals surface area (Å²) in [6.07, 6.45) is 4.95. The molecule has 1 aliphatic rings. The third-order valence-electron chi connectivity index (χ3n) is 3.03. The molecule has 1 rings (SSSR count). The number of nitrogens with zero attached hydrogens (tertiary/aromatic N) is 1. The number of likely N-dealkylation sites (N-methyl/N-ethyl adjacent to an activating group) is 1. The van der Waals surface area contributed by atoms with Crippen molar-refractivity contribution in [3.05, 3.63) is 12.3 Å². The van der Waals surface area contributed by atoms with Gasteiger partial charge in [0.2, 0.25) is 0 Å². The number of nitrogens with one attached hydrogen (secondary N) is 1. The maximum atomic E-state index is 4.14. The third-order valence-corrected chi connectivity index (χ3v) is 3.03. The molecular weight excluding hydrogens is 172 g/mol. The second-order valence-electron chi connectivity index (χ2n) is 4.40. The predicted octanol–water partition coefficient (Wildman–Crippen LogP) is 2.37. The molecule has 0 radical (unpaired) electrons. The second kappa shape index (κ2) is 5.40. The number of hydrogen-bond donors (Lipinski definition) is 1. The summed E-state index contributed by atoms with van der Waals surface area (Å²) in [5.74, 6) is 0. The van der Waals surface area contributed by atoms with Crippen LogP contribution in [0, 0.1) is 0 Å². The molecule has 0 saturated carbocycles. The number of rotatable bonds is 4. The fraction of sp³-hybridized carbons (Fsp3) is 0.833. The Labute approximate surface area is 88.4 Å². The lowest BCUT2D eigenvalue weighted by atomic mass is 10.0. The quantitative estimate of drug-likeness (QED) is 0.742. The van der Waals surface area contributed by atoms with Crippen LogP contribution >= 0.6 is 0 Å². The van der Waals surface area contributed by atoms with E-state index in [9.17, 15) is 0 Å². The van der Waals surface area contributed by atoms with E-state index < -0.39 is 0 Å². The van der Waals surface area contributed by atoms with Gasteiger partial charge in [-0.2, -0.15) is 0 Å². The van der Waals surface area contributed by atoms with Crippen LogP contribution in [0.1, 0.15) is 39.5 Å². The Hall–Kier alpha value is -0.500. The first-order chi connectivity index (χ1) is 6.69. The minimum atomic E-state index is 0.549. The van der Waals surface area contributed by atoms with Gasteiger partial charge in [-0.05, 0) is 19.9 Å². The lowest BCUT2D eigenvalue weighted by Gasteiger charge is -2.40. The fourth-order valence-electron chi connectivity index (χ4n) is 2.32. The van der Waals surface area contributed by atoms with Crippen molar-refractivity contribution >= 4 is 0 Å². The van der Waals surface area contributed by atoms with Crippen molar-refractivity contribution in [2.75, 3.05) is 13.6 Å². The largest absolute Gasteiger partial charge is 0.384 e. The van der Waals surface area contributed by atoms with Gasteiger partial charge in [-0.15, -0.1) is 0 Å². The molecule has 0 aliphatic carbocycles. The molecule has 0 aromatic carbocycles. The van der Waals surface area contributed by atoms with Gasteiger partial charge in [0.05, 0.1) is 0 Å². The summed E-state index contributed by atoms with van der Waals surface area (Å²) in [5, 5.41) is 3.55. The third kappa shape index (κ3) is 2.74. The van der Waals surface area contributed by atoms with Crippen molar-refractivity contribution in [2.45, 2.75) is 51.6 Å². The average Bonchev–Trinajstić information content (AvgIpc) is 2.12. The lowest BCUT2D eigenvalue weighted by Crippen LogP contribution is -2.52. The zero-order valence-corrected chi connectivity index (χ0v) is 9.84. The summed E-state index contributed by atoms with van der Waals surface area (Å²) < 4.78 is 0. The molecule has 0 aromatic rings. The van der Waals surface area contributed by atoms with E-state index >= 15 is 0 Å². The summed E-state index contributed by atoms with van der Waals surface area (Å²) in [7, 11) is 2.22. The Bertz CT molecular complexity index is 189. The summed E-state index contributed by atoms with van der Waals surface area (Å²) in [6.45, 7) is 9.78. The molecular formula is C12H24N2. The SMILES string of the molecule is C=C1NC(CCC)CN(C)C1CCC. The number of hydrogen-bond acceptors (Lipinski definition) is 2. The fourth-order valence-corrected chi connectivity index (χ4v) is 2.32. The van der Waals surface area contributed by atoms with E-state index in [1.165, 1.54) is 31.4 Å². The zero-order valence-electron chi connectivity index (χ0n) is 9.84. The Morgan fingerprint density at radius 1 is 1.36 bits per heavy atom. The minimum absolute atomic E-state index is 0.549. The van der Waals surface area contributed by atoms with Crippen LogP contribution in [-0.4, -0.2) is 30.6 Å². The molecule has 2 atom stereocenters. The van der Waals surface area contributed by atoms with E-state index in [0.717, 1.165) is 6.54 Å². The van der Waals surface area contributed by atoms with Gasteiger partial charge in [-0.1, -0.05) is 33.3 Å². The van der Waals surface area contributed by atoms with Crippen molar-refractivity contribution in [1.29, 1.82) is 0 Å². The highest BCUT2D eigenvalue weighted by Crippen LogP contribution is 2.18. The van der Waals surface area contributed by atoms with Crippen LogP contribution in [0.5, 0.6) is 0 Å². The molecule has 1 fully saturated rings. The van der Waals surface area contributed by atoms with E-state index in [2.05, 4.69) is 37.7 Å². The monoisotopic (exact) mass is 196 g/mol. The van der Waals surface area contributed by atoms with Crippen LogP contribution < -0.4 is 5.32 Å². The summed E-state index contributed by atoms with van der Waals surface area (Å²) in [4.78, 5) is 2.45. The Morgan fingerprint density at radius 2 is 2.00 bits per heavy atom. The Kier molecular flexibility index (Phi) is 4.46. The Morgan fingerprint density at radius 3 is 2.50 bits per heavy atom. The summed E-state index contributed by atoms with van der Waals surface area (Å²) in [6, 6.07) is 1.17. The molecule has 0 amide bonds. The molecule has 1 heterocycles. The van der Waals surface area contributed by atoms with Crippen LogP contribution in [0.4, 0.5) is 0 Å². The predicted molar refractivity (Wildman–Crippen MR) is 62.3 cm³/mol. The van der Waals surface area contributed by atoms with Crippen molar-refractivity contribution in [2.24, 2.45) is 0 Å². The molecule has 1 saturated heterocycles. The molecule has 2 nitrogen and oxygen atoms in total. The molecule has 0 spiro atoms. The minimum Gasteiger partial charge on any atom is -0.384 e. The van der Waals surface area contributed by atoms with Gasteiger partial charge < -0.3 is 5.32 Å². The molecule has 2 unspecified atom stereocenters. The van der Waals surface area contributed by atoms with E-state index in [1.807, 2.05) is 0 Å². The molecule has 0 aromatic heterocycles. The molecule has 1 N–H and O–H groups in total. The molecule has 0 bridgehead atoms. The van der Waals surface area contributed by atoms with E-state index in [0.29, 0.717) is 12.1 Å². The van der Waals surface area contributed by atoms with Crippen molar-refractivity contribution in [1.82, 2.24) is 10.2 Å². The topological polar surface area (TPSA) is 15.3 Å². The highest BCUT2D eigenvalue weighted by Gasteiger charge is 2.26. The lowest BCUT2D eigenvalue weighted by molar-refractivity contribution is 0.184. The van der Waals surface area contributed by atoms with E-state index in [4.69, 9.17) is 0 Å².